The van der Waals surface area contributed by atoms with Gasteiger partial charge in [-0.1, -0.05) is 0 Å². The highest BCUT2D eigenvalue weighted by molar-refractivity contribution is 7.11. The summed E-state index contributed by atoms with van der Waals surface area (Å²) in [6, 6.07) is 0.631. The highest BCUT2D eigenvalue weighted by atomic mass is 32.1. The van der Waals surface area contributed by atoms with Crippen molar-refractivity contribution in [3.8, 4) is 0 Å². The molecule has 3 nitrogen and oxygen atoms in total. The molecule has 0 amide bonds. The molecule has 1 aliphatic heterocycles. The van der Waals surface area contributed by atoms with Gasteiger partial charge in [-0.05, 0) is 19.8 Å². The molecular formula is C10H16N2OS. The lowest BCUT2D eigenvalue weighted by atomic mass is 10.1. The van der Waals surface area contributed by atoms with E-state index >= 15 is 0 Å². The summed E-state index contributed by atoms with van der Waals surface area (Å²) in [4.78, 5) is 5.56. The standard InChI is InChI=1S/C10H16N2OS/c1-8-11-6-10(14-8)7-12-9-2-4-13-5-3-9/h6,9,12H,2-5,7H2,1H3. The first-order valence-electron chi connectivity index (χ1n) is 5.07. The quantitative estimate of drug-likeness (QED) is 0.828. The Hall–Kier alpha value is -0.450. The van der Waals surface area contributed by atoms with Crippen molar-refractivity contribution in [2.45, 2.75) is 32.4 Å². The maximum atomic E-state index is 5.31. The molecule has 0 radical (unpaired) electrons. The molecule has 1 N–H and O–H groups in total. The molecule has 0 spiro atoms. The Morgan fingerprint density at radius 2 is 2.36 bits per heavy atom. The second-order valence-electron chi connectivity index (χ2n) is 3.61. The van der Waals surface area contributed by atoms with E-state index in [0.29, 0.717) is 6.04 Å². The fraction of sp³-hybridized carbons (Fsp3) is 0.700. The van der Waals surface area contributed by atoms with Gasteiger partial charge in [-0.15, -0.1) is 11.3 Å². The Morgan fingerprint density at radius 3 is 3.00 bits per heavy atom. The lowest BCUT2D eigenvalue weighted by molar-refractivity contribution is 0.0777. The second-order valence-corrected chi connectivity index (χ2v) is 4.93. The largest absolute Gasteiger partial charge is 0.381 e. The van der Waals surface area contributed by atoms with Crippen molar-refractivity contribution >= 4 is 11.3 Å². The zero-order valence-electron chi connectivity index (χ0n) is 8.45. The molecule has 4 heteroatoms. The van der Waals surface area contributed by atoms with Gasteiger partial charge in [0.2, 0.25) is 0 Å². The third-order valence-corrected chi connectivity index (χ3v) is 3.37. The molecule has 78 valence electrons. The summed E-state index contributed by atoms with van der Waals surface area (Å²) in [6.45, 7) is 4.80. The minimum Gasteiger partial charge on any atom is -0.381 e. The number of nitrogens with one attached hydrogen (secondary N) is 1. The van der Waals surface area contributed by atoms with Gasteiger partial charge in [0, 0.05) is 36.9 Å². The van der Waals surface area contributed by atoms with Gasteiger partial charge < -0.3 is 10.1 Å². The maximum Gasteiger partial charge on any atom is 0.0897 e. The fourth-order valence-corrected chi connectivity index (χ4v) is 2.38. The molecule has 0 saturated carbocycles. The van der Waals surface area contributed by atoms with Gasteiger partial charge in [0.05, 0.1) is 5.01 Å². The topological polar surface area (TPSA) is 34.2 Å². The summed E-state index contributed by atoms with van der Waals surface area (Å²) in [5, 5.41) is 4.69. The van der Waals surface area contributed by atoms with E-state index in [-0.39, 0.29) is 0 Å². The van der Waals surface area contributed by atoms with Crippen LogP contribution in [0.2, 0.25) is 0 Å². The van der Waals surface area contributed by atoms with Crippen molar-refractivity contribution in [3.05, 3.63) is 16.1 Å². The van der Waals surface area contributed by atoms with Crippen molar-refractivity contribution in [2.75, 3.05) is 13.2 Å². The van der Waals surface area contributed by atoms with Crippen LogP contribution in [0.5, 0.6) is 0 Å². The molecule has 1 fully saturated rings. The summed E-state index contributed by atoms with van der Waals surface area (Å²) in [6.07, 6.45) is 4.24. The number of aryl methyl sites for hydroxylation is 1. The average Bonchev–Trinajstić information content (AvgIpc) is 2.63. The van der Waals surface area contributed by atoms with Crippen molar-refractivity contribution in [1.82, 2.24) is 10.3 Å². The molecule has 0 aliphatic carbocycles. The molecule has 1 saturated heterocycles. The van der Waals surface area contributed by atoms with Crippen molar-refractivity contribution < 1.29 is 4.74 Å². The van der Waals surface area contributed by atoms with Crippen LogP contribution in [0, 0.1) is 6.92 Å². The number of ether oxygens (including phenoxy) is 1. The number of nitrogens with zero attached hydrogens (tertiary/aromatic N) is 1. The molecule has 0 aromatic carbocycles. The molecular weight excluding hydrogens is 196 g/mol. The van der Waals surface area contributed by atoms with E-state index in [1.807, 2.05) is 13.1 Å². The third-order valence-electron chi connectivity index (χ3n) is 2.46. The van der Waals surface area contributed by atoms with Crippen LogP contribution in [0.15, 0.2) is 6.20 Å². The van der Waals surface area contributed by atoms with Crippen molar-refractivity contribution in [1.29, 1.82) is 0 Å². The van der Waals surface area contributed by atoms with Crippen LogP contribution in [-0.4, -0.2) is 24.2 Å². The predicted molar refractivity (Wildman–Crippen MR) is 57.5 cm³/mol. The number of rotatable bonds is 3. The van der Waals surface area contributed by atoms with E-state index in [1.165, 1.54) is 4.88 Å². The van der Waals surface area contributed by atoms with Gasteiger partial charge in [-0.25, -0.2) is 4.98 Å². The number of thiazole rings is 1. The zero-order chi connectivity index (χ0) is 9.80. The highest BCUT2D eigenvalue weighted by Gasteiger charge is 2.12. The summed E-state index contributed by atoms with van der Waals surface area (Å²) >= 11 is 1.77. The Morgan fingerprint density at radius 1 is 1.57 bits per heavy atom. The average molecular weight is 212 g/mol. The monoisotopic (exact) mass is 212 g/mol. The molecule has 2 rings (SSSR count). The van der Waals surface area contributed by atoms with Crippen LogP contribution in [0.4, 0.5) is 0 Å². The Balaban J connectivity index is 1.76. The third kappa shape index (κ3) is 2.77. The SMILES string of the molecule is Cc1ncc(CNC2CCOCC2)s1. The smallest absolute Gasteiger partial charge is 0.0897 e. The summed E-state index contributed by atoms with van der Waals surface area (Å²) < 4.78 is 5.31. The molecule has 14 heavy (non-hydrogen) atoms. The number of hydrogen-bond donors (Lipinski definition) is 1. The predicted octanol–water partition coefficient (Wildman–Crippen LogP) is 1.72. The first-order chi connectivity index (χ1) is 6.84. The van der Waals surface area contributed by atoms with Crippen LogP contribution in [-0.2, 0) is 11.3 Å². The number of aromatic nitrogens is 1. The van der Waals surface area contributed by atoms with Gasteiger partial charge in [0.15, 0.2) is 0 Å². The molecule has 0 unspecified atom stereocenters. The van der Waals surface area contributed by atoms with Crippen LogP contribution in [0.3, 0.4) is 0 Å². The van der Waals surface area contributed by atoms with Crippen LogP contribution in [0.1, 0.15) is 22.7 Å². The van der Waals surface area contributed by atoms with Gasteiger partial charge in [-0.3, -0.25) is 0 Å². The fourth-order valence-electron chi connectivity index (χ4n) is 1.63. The van der Waals surface area contributed by atoms with Crippen LogP contribution in [0.25, 0.3) is 0 Å². The highest BCUT2D eigenvalue weighted by Crippen LogP contribution is 2.13. The van der Waals surface area contributed by atoms with E-state index in [9.17, 15) is 0 Å². The first kappa shape index (κ1) is 10.1. The van der Waals surface area contributed by atoms with Crippen molar-refractivity contribution in [2.24, 2.45) is 0 Å². The molecule has 2 heterocycles. The van der Waals surface area contributed by atoms with Crippen LogP contribution < -0.4 is 5.32 Å². The molecule has 1 aromatic rings. The van der Waals surface area contributed by atoms with E-state index in [1.54, 1.807) is 11.3 Å². The summed E-state index contributed by atoms with van der Waals surface area (Å²) in [5.74, 6) is 0. The molecule has 0 atom stereocenters. The van der Waals surface area contributed by atoms with Gasteiger partial charge >= 0.3 is 0 Å². The normalized spacial score (nSPS) is 18.6. The van der Waals surface area contributed by atoms with Crippen molar-refractivity contribution in [3.63, 3.8) is 0 Å². The Kier molecular flexibility index (Phi) is 3.50. The molecule has 1 aromatic heterocycles. The lowest BCUT2D eigenvalue weighted by Gasteiger charge is -2.22. The zero-order valence-corrected chi connectivity index (χ0v) is 9.27. The van der Waals surface area contributed by atoms with E-state index < -0.39 is 0 Å². The van der Waals surface area contributed by atoms with E-state index in [4.69, 9.17) is 4.74 Å². The second kappa shape index (κ2) is 4.87. The summed E-state index contributed by atoms with van der Waals surface area (Å²) in [5.41, 5.74) is 0. The van der Waals surface area contributed by atoms with Gasteiger partial charge in [0.1, 0.15) is 0 Å². The minimum atomic E-state index is 0.631. The van der Waals surface area contributed by atoms with E-state index in [0.717, 1.165) is 37.6 Å². The van der Waals surface area contributed by atoms with Gasteiger partial charge in [0.25, 0.3) is 0 Å². The Labute approximate surface area is 88.5 Å². The number of hydrogen-bond acceptors (Lipinski definition) is 4. The molecule has 0 bridgehead atoms. The minimum absolute atomic E-state index is 0.631. The first-order valence-corrected chi connectivity index (χ1v) is 5.88. The Bertz CT molecular complexity index is 281. The molecule has 1 aliphatic rings. The lowest BCUT2D eigenvalue weighted by Crippen LogP contribution is -2.34. The van der Waals surface area contributed by atoms with Crippen LogP contribution >= 0.6 is 11.3 Å². The maximum absolute atomic E-state index is 5.31. The summed E-state index contributed by atoms with van der Waals surface area (Å²) in [7, 11) is 0. The van der Waals surface area contributed by atoms with Gasteiger partial charge in [-0.2, -0.15) is 0 Å². The van der Waals surface area contributed by atoms with E-state index in [2.05, 4.69) is 10.3 Å².